The molecule has 0 aromatic heterocycles. The first kappa shape index (κ1) is 10.0. The molecule has 2 nitrogen and oxygen atoms in total. The average molecular weight is 171 g/mol. The van der Waals surface area contributed by atoms with Gasteiger partial charge < -0.3 is 10.5 Å². The fourth-order valence-corrected chi connectivity index (χ4v) is 1.84. The van der Waals surface area contributed by atoms with Crippen molar-refractivity contribution in [2.75, 3.05) is 13.2 Å². The summed E-state index contributed by atoms with van der Waals surface area (Å²) < 4.78 is 5.40. The molecule has 2 heteroatoms. The summed E-state index contributed by atoms with van der Waals surface area (Å²) in [6.45, 7) is 6.27. The van der Waals surface area contributed by atoms with Crippen molar-refractivity contribution < 1.29 is 4.74 Å². The van der Waals surface area contributed by atoms with Gasteiger partial charge in [-0.1, -0.05) is 13.8 Å². The average Bonchev–Trinajstić information content (AvgIpc) is 2.05. The van der Waals surface area contributed by atoms with Crippen LogP contribution in [0.2, 0.25) is 0 Å². The quantitative estimate of drug-likeness (QED) is 0.702. The monoisotopic (exact) mass is 171 g/mol. The van der Waals surface area contributed by atoms with E-state index >= 15 is 0 Å². The largest absolute Gasteiger partial charge is 0.381 e. The van der Waals surface area contributed by atoms with Crippen LogP contribution < -0.4 is 5.73 Å². The van der Waals surface area contributed by atoms with Crippen LogP contribution in [0.5, 0.6) is 0 Å². The zero-order valence-corrected chi connectivity index (χ0v) is 8.25. The standard InChI is InChI=1S/C10H21NO/c1-8(2)6-10(11)9-4-3-5-12-7-9/h8-10H,3-7,11H2,1-2H3. The van der Waals surface area contributed by atoms with Crippen LogP contribution >= 0.6 is 0 Å². The van der Waals surface area contributed by atoms with E-state index < -0.39 is 0 Å². The Bertz CT molecular complexity index is 119. The number of nitrogens with two attached hydrogens (primary N) is 1. The molecule has 0 saturated carbocycles. The van der Waals surface area contributed by atoms with Gasteiger partial charge in [-0.05, 0) is 31.1 Å². The Balaban J connectivity index is 2.24. The first-order chi connectivity index (χ1) is 5.70. The van der Waals surface area contributed by atoms with Gasteiger partial charge in [0.2, 0.25) is 0 Å². The minimum atomic E-state index is 0.352. The number of hydrogen-bond acceptors (Lipinski definition) is 2. The van der Waals surface area contributed by atoms with Crippen LogP contribution in [0.4, 0.5) is 0 Å². The first-order valence-electron chi connectivity index (χ1n) is 5.03. The van der Waals surface area contributed by atoms with Crippen molar-refractivity contribution in [1.82, 2.24) is 0 Å². The maximum Gasteiger partial charge on any atom is 0.0509 e. The van der Waals surface area contributed by atoms with Gasteiger partial charge in [0, 0.05) is 12.6 Å². The molecule has 0 bridgehead atoms. The third-order valence-electron chi connectivity index (χ3n) is 2.54. The van der Waals surface area contributed by atoms with Gasteiger partial charge in [-0.2, -0.15) is 0 Å². The molecule has 1 saturated heterocycles. The smallest absolute Gasteiger partial charge is 0.0509 e. The molecule has 0 spiro atoms. The van der Waals surface area contributed by atoms with Crippen LogP contribution in [0.15, 0.2) is 0 Å². The summed E-state index contributed by atoms with van der Waals surface area (Å²) in [5, 5.41) is 0. The van der Waals surface area contributed by atoms with Crippen LogP contribution in [0.1, 0.15) is 33.1 Å². The summed E-state index contributed by atoms with van der Waals surface area (Å²) in [7, 11) is 0. The van der Waals surface area contributed by atoms with E-state index in [-0.39, 0.29) is 0 Å². The van der Waals surface area contributed by atoms with Crippen LogP contribution in [-0.4, -0.2) is 19.3 Å². The van der Waals surface area contributed by atoms with Gasteiger partial charge in [0.25, 0.3) is 0 Å². The van der Waals surface area contributed by atoms with E-state index in [1.165, 1.54) is 12.8 Å². The van der Waals surface area contributed by atoms with Crippen LogP contribution in [0, 0.1) is 11.8 Å². The zero-order chi connectivity index (χ0) is 8.97. The number of rotatable bonds is 3. The van der Waals surface area contributed by atoms with Crippen molar-refractivity contribution in [1.29, 1.82) is 0 Å². The van der Waals surface area contributed by atoms with Gasteiger partial charge >= 0.3 is 0 Å². The summed E-state index contributed by atoms with van der Waals surface area (Å²) in [5.74, 6) is 1.32. The van der Waals surface area contributed by atoms with Crippen molar-refractivity contribution in [2.24, 2.45) is 17.6 Å². The minimum absolute atomic E-state index is 0.352. The lowest BCUT2D eigenvalue weighted by Gasteiger charge is -2.28. The molecule has 0 aromatic carbocycles. The lowest BCUT2D eigenvalue weighted by atomic mass is 9.89. The molecular formula is C10H21NO. The molecule has 2 atom stereocenters. The predicted octanol–water partition coefficient (Wildman–Crippen LogP) is 1.79. The highest BCUT2D eigenvalue weighted by Crippen LogP contribution is 2.20. The van der Waals surface area contributed by atoms with E-state index in [1.54, 1.807) is 0 Å². The molecule has 0 aromatic rings. The fourth-order valence-electron chi connectivity index (χ4n) is 1.84. The Morgan fingerprint density at radius 3 is 2.75 bits per heavy atom. The van der Waals surface area contributed by atoms with E-state index in [0.29, 0.717) is 17.9 Å². The summed E-state index contributed by atoms with van der Waals surface area (Å²) in [5.41, 5.74) is 6.07. The molecule has 0 aliphatic carbocycles. The van der Waals surface area contributed by atoms with Crippen LogP contribution in [0.25, 0.3) is 0 Å². The van der Waals surface area contributed by atoms with Gasteiger partial charge in [-0.15, -0.1) is 0 Å². The third-order valence-corrected chi connectivity index (χ3v) is 2.54. The lowest BCUT2D eigenvalue weighted by molar-refractivity contribution is 0.0422. The molecule has 0 radical (unpaired) electrons. The van der Waals surface area contributed by atoms with Crippen molar-refractivity contribution in [3.63, 3.8) is 0 Å². The van der Waals surface area contributed by atoms with E-state index in [4.69, 9.17) is 10.5 Å². The Morgan fingerprint density at radius 1 is 1.50 bits per heavy atom. The summed E-state index contributed by atoms with van der Waals surface area (Å²) in [4.78, 5) is 0. The Labute approximate surface area is 75.5 Å². The van der Waals surface area contributed by atoms with Crippen molar-refractivity contribution >= 4 is 0 Å². The third kappa shape index (κ3) is 3.11. The summed E-state index contributed by atoms with van der Waals surface area (Å²) in [6, 6.07) is 0.352. The van der Waals surface area contributed by atoms with Crippen molar-refractivity contribution in [3.8, 4) is 0 Å². The minimum Gasteiger partial charge on any atom is -0.381 e. The molecule has 72 valence electrons. The van der Waals surface area contributed by atoms with E-state index in [0.717, 1.165) is 19.6 Å². The molecular weight excluding hydrogens is 150 g/mol. The highest BCUT2D eigenvalue weighted by molar-refractivity contribution is 4.76. The highest BCUT2D eigenvalue weighted by Gasteiger charge is 2.21. The molecule has 2 N–H and O–H groups in total. The maximum atomic E-state index is 6.07. The molecule has 1 aliphatic rings. The van der Waals surface area contributed by atoms with Gasteiger partial charge in [0.05, 0.1) is 6.61 Å². The number of ether oxygens (including phenoxy) is 1. The van der Waals surface area contributed by atoms with Gasteiger partial charge in [0.15, 0.2) is 0 Å². The molecule has 2 unspecified atom stereocenters. The SMILES string of the molecule is CC(C)CC(N)C1CCCOC1. The van der Waals surface area contributed by atoms with Gasteiger partial charge in [-0.3, -0.25) is 0 Å². The molecule has 0 amide bonds. The van der Waals surface area contributed by atoms with E-state index in [1.807, 2.05) is 0 Å². The van der Waals surface area contributed by atoms with Gasteiger partial charge in [0.1, 0.15) is 0 Å². The normalized spacial score (nSPS) is 27.5. The lowest BCUT2D eigenvalue weighted by Crippen LogP contribution is -2.36. The number of hydrogen-bond donors (Lipinski definition) is 1. The molecule has 1 fully saturated rings. The molecule has 1 aliphatic heterocycles. The second-order valence-electron chi connectivity index (χ2n) is 4.27. The summed E-state index contributed by atoms with van der Waals surface area (Å²) in [6.07, 6.45) is 3.58. The van der Waals surface area contributed by atoms with Crippen LogP contribution in [0.3, 0.4) is 0 Å². The maximum absolute atomic E-state index is 6.07. The molecule has 1 heterocycles. The first-order valence-corrected chi connectivity index (χ1v) is 5.03. The predicted molar refractivity (Wildman–Crippen MR) is 51.0 cm³/mol. The Morgan fingerprint density at radius 2 is 2.25 bits per heavy atom. The highest BCUT2D eigenvalue weighted by atomic mass is 16.5. The van der Waals surface area contributed by atoms with E-state index in [2.05, 4.69) is 13.8 Å². The fraction of sp³-hybridized carbons (Fsp3) is 1.00. The van der Waals surface area contributed by atoms with Gasteiger partial charge in [-0.25, -0.2) is 0 Å². The van der Waals surface area contributed by atoms with E-state index in [9.17, 15) is 0 Å². The summed E-state index contributed by atoms with van der Waals surface area (Å²) >= 11 is 0. The molecule has 1 rings (SSSR count). The zero-order valence-electron chi connectivity index (χ0n) is 8.25. The van der Waals surface area contributed by atoms with Crippen molar-refractivity contribution in [2.45, 2.75) is 39.2 Å². The van der Waals surface area contributed by atoms with Crippen molar-refractivity contribution in [3.05, 3.63) is 0 Å². The second-order valence-corrected chi connectivity index (χ2v) is 4.27. The Hall–Kier alpha value is -0.0800. The van der Waals surface area contributed by atoms with Crippen LogP contribution in [-0.2, 0) is 4.74 Å². The second kappa shape index (κ2) is 4.83. The Kier molecular flexibility index (Phi) is 4.02. The molecule has 12 heavy (non-hydrogen) atoms. The topological polar surface area (TPSA) is 35.2 Å².